The van der Waals surface area contributed by atoms with Crippen molar-refractivity contribution in [2.24, 2.45) is 0 Å². The van der Waals surface area contributed by atoms with Crippen LogP contribution in [0.15, 0.2) is 48.5 Å². The number of rotatable bonds is 7. The molecule has 0 saturated carbocycles. The first-order valence-corrected chi connectivity index (χ1v) is 9.57. The van der Waals surface area contributed by atoms with Gasteiger partial charge in [-0.05, 0) is 30.2 Å². The van der Waals surface area contributed by atoms with Crippen molar-refractivity contribution in [1.82, 2.24) is 5.32 Å². The molecule has 0 heterocycles. The van der Waals surface area contributed by atoms with E-state index in [1.54, 1.807) is 48.5 Å². The summed E-state index contributed by atoms with van der Waals surface area (Å²) < 4.78 is 27.3. The van der Waals surface area contributed by atoms with Gasteiger partial charge in [-0.15, -0.1) is 0 Å². The Kier molecular flexibility index (Phi) is 6.23. The van der Waals surface area contributed by atoms with Crippen molar-refractivity contribution >= 4 is 33.2 Å². The van der Waals surface area contributed by atoms with Crippen molar-refractivity contribution < 1.29 is 13.2 Å². The van der Waals surface area contributed by atoms with Gasteiger partial charge in [0.15, 0.2) is 0 Å². The van der Waals surface area contributed by atoms with Crippen molar-refractivity contribution in [1.29, 1.82) is 0 Å². The molecule has 2 rings (SSSR count). The summed E-state index contributed by atoms with van der Waals surface area (Å²) in [5.41, 5.74) is 1.03. The molecule has 0 spiro atoms. The molecule has 5 nitrogen and oxygen atoms in total. The van der Waals surface area contributed by atoms with Gasteiger partial charge >= 0.3 is 0 Å². The van der Waals surface area contributed by atoms with Crippen LogP contribution in [0.5, 0.6) is 0 Å². The first kappa shape index (κ1) is 18.3. The zero-order chi connectivity index (χ0) is 17.6. The third-order valence-electron chi connectivity index (χ3n) is 3.28. The number of carbonyl (C=O) groups is 1. The molecule has 2 aromatic carbocycles. The molecule has 0 unspecified atom stereocenters. The van der Waals surface area contributed by atoms with Gasteiger partial charge in [-0.25, -0.2) is 8.42 Å². The summed E-state index contributed by atoms with van der Waals surface area (Å²) in [4.78, 5) is 12.2. The highest BCUT2D eigenvalue weighted by atomic mass is 35.5. The number of hydrogen-bond acceptors (Lipinski definition) is 3. The summed E-state index contributed by atoms with van der Waals surface area (Å²) in [6.07, 6.45) is 0.798. The summed E-state index contributed by atoms with van der Waals surface area (Å²) in [6, 6.07) is 13.3. The van der Waals surface area contributed by atoms with E-state index < -0.39 is 10.0 Å². The molecule has 0 bridgehead atoms. The number of anilines is 1. The molecule has 2 aromatic rings. The highest BCUT2D eigenvalue weighted by Gasteiger charge is 2.18. The van der Waals surface area contributed by atoms with Gasteiger partial charge in [0, 0.05) is 11.6 Å². The van der Waals surface area contributed by atoms with E-state index in [9.17, 15) is 13.2 Å². The standard InChI is InChI=1S/C17H19ClN2O3S/c1-2-11-19-17(21)14-8-4-6-10-16(14)20-24(22,23)12-13-7-3-5-9-15(13)18/h3-10,20H,2,11-12H2,1H3,(H,19,21). The molecule has 0 aliphatic rings. The van der Waals surface area contributed by atoms with E-state index in [0.29, 0.717) is 17.1 Å². The average Bonchev–Trinajstić information content (AvgIpc) is 2.54. The Balaban J connectivity index is 2.21. The molecule has 0 fully saturated rings. The van der Waals surface area contributed by atoms with Gasteiger partial charge in [-0.2, -0.15) is 0 Å². The number of benzene rings is 2. The van der Waals surface area contributed by atoms with E-state index in [4.69, 9.17) is 11.6 Å². The normalized spacial score (nSPS) is 11.1. The maximum Gasteiger partial charge on any atom is 0.253 e. The molecule has 1 amide bonds. The zero-order valence-electron chi connectivity index (χ0n) is 13.3. The number of carbonyl (C=O) groups excluding carboxylic acids is 1. The minimum Gasteiger partial charge on any atom is -0.352 e. The smallest absolute Gasteiger partial charge is 0.253 e. The highest BCUT2D eigenvalue weighted by Crippen LogP contribution is 2.21. The van der Waals surface area contributed by atoms with Gasteiger partial charge in [0.05, 0.1) is 17.0 Å². The Hall–Kier alpha value is -2.05. The molecule has 24 heavy (non-hydrogen) atoms. The third kappa shape index (κ3) is 4.97. The van der Waals surface area contributed by atoms with Crippen LogP contribution in [0.2, 0.25) is 5.02 Å². The van der Waals surface area contributed by atoms with E-state index in [1.165, 1.54) is 0 Å². The number of amides is 1. The number of halogens is 1. The van der Waals surface area contributed by atoms with E-state index in [1.807, 2.05) is 6.92 Å². The van der Waals surface area contributed by atoms with E-state index in [0.717, 1.165) is 6.42 Å². The van der Waals surface area contributed by atoms with Crippen LogP contribution in [-0.2, 0) is 15.8 Å². The molecule has 128 valence electrons. The lowest BCUT2D eigenvalue weighted by molar-refractivity contribution is 0.0954. The van der Waals surface area contributed by atoms with Gasteiger partial charge in [0.2, 0.25) is 10.0 Å². The lowest BCUT2D eigenvalue weighted by atomic mass is 10.1. The summed E-state index contributed by atoms with van der Waals surface area (Å²) in [7, 11) is -3.70. The molecular weight excluding hydrogens is 348 g/mol. The molecule has 0 saturated heterocycles. The monoisotopic (exact) mass is 366 g/mol. The molecule has 2 N–H and O–H groups in total. The fourth-order valence-corrected chi connectivity index (χ4v) is 3.66. The van der Waals surface area contributed by atoms with Crippen LogP contribution in [0.1, 0.15) is 29.3 Å². The fraction of sp³-hybridized carbons (Fsp3) is 0.235. The van der Waals surface area contributed by atoms with Crippen molar-refractivity contribution in [3.05, 3.63) is 64.7 Å². The van der Waals surface area contributed by atoms with Gasteiger partial charge in [-0.1, -0.05) is 48.9 Å². The minimum atomic E-state index is -3.70. The van der Waals surface area contributed by atoms with Crippen LogP contribution in [-0.4, -0.2) is 20.9 Å². The summed E-state index contributed by atoms with van der Waals surface area (Å²) in [5.74, 6) is -0.578. The lowest BCUT2D eigenvalue weighted by Gasteiger charge is -2.13. The maximum absolute atomic E-state index is 12.4. The predicted octanol–water partition coefficient (Wildman–Crippen LogP) is 3.42. The van der Waals surface area contributed by atoms with Crippen LogP contribution in [0, 0.1) is 0 Å². The van der Waals surface area contributed by atoms with E-state index >= 15 is 0 Å². The Labute approximate surface area is 147 Å². The Morgan fingerprint density at radius 1 is 1.08 bits per heavy atom. The second-order valence-corrected chi connectivity index (χ2v) is 7.38. The van der Waals surface area contributed by atoms with Crippen LogP contribution >= 0.6 is 11.6 Å². The zero-order valence-corrected chi connectivity index (χ0v) is 14.8. The minimum absolute atomic E-state index is 0.248. The summed E-state index contributed by atoms with van der Waals surface area (Å²) >= 11 is 6.02. The molecule has 0 aliphatic heterocycles. The molecule has 0 aliphatic carbocycles. The van der Waals surface area contributed by atoms with Crippen molar-refractivity contribution in [2.75, 3.05) is 11.3 Å². The van der Waals surface area contributed by atoms with Crippen molar-refractivity contribution in [2.45, 2.75) is 19.1 Å². The van der Waals surface area contributed by atoms with Crippen LogP contribution in [0.3, 0.4) is 0 Å². The van der Waals surface area contributed by atoms with Crippen LogP contribution in [0.4, 0.5) is 5.69 Å². The molecule has 7 heteroatoms. The number of sulfonamides is 1. The van der Waals surface area contributed by atoms with Gasteiger partial charge in [-0.3, -0.25) is 9.52 Å². The van der Waals surface area contributed by atoms with Crippen molar-refractivity contribution in [3.63, 3.8) is 0 Å². The number of para-hydroxylation sites is 1. The topological polar surface area (TPSA) is 75.3 Å². The third-order valence-corrected chi connectivity index (χ3v) is 4.87. The second-order valence-electron chi connectivity index (χ2n) is 5.25. The van der Waals surface area contributed by atoms with Crippen LogP contribution in [0.25, 0.3) is 0 Å². The lowest BCUT2D eigenvalue weighted by Crippen LogP contribution is -2.26. The molecule has 0 aromatic heterocycles. The SMILES string of the molecule is CCCNC(=O)c1ccccc1NS(=O)(=O)Cc1ccccc1Cl. The molecular formula is C17H19ClN2O3S. The number of nitrogens with one attached hydrogen (secondary N) is 2. The average molecular weight is 367 g/mol. The van der Waals surface area contributed by atoms with Gasteiger partial charge in [0.25, 0.3) is 5.91 Å². The summed E-state index contributed by atoms with van der Waals surface area (Å²) in [6.45, 7) is 2.47. The fourth-order valence-electron chi connectivity index (χ4n) is 2.13. The Morgan fingerprint density at radius 2 is 1.75 bits per heavy atom. The maximum atomic E-state index is 12.4. The Bertz CT molecular complexity index is 822. The highest BCUT2D eigenvalue weighted by molar-refractivity contribution is 7.91. The predicted molar refractivity (Wildman–Crippen MR) is 96.8 cm³/mol. The summed E-state index contributed by atoms with van der Waals surface area (Å²) in [5, 5.41) is 3.12. The first-order valence-electron chi connectivity index (χ1n) is 7.54. The van der Waals surface area contributed by atoms with Gasteiger partial charge in [0.1, 0.15) is 0 Å². The second kappa shape index (κ2) is 8.17. The quantitative estimate of drug-likeness (QED) is 0.788. The number of hydrogen-bond donors (Lipinski definition) is 2. The molecule has 0 radical (unpaired) electrons. The molecule has 0 atom stereocenters. The van der Waals surface area contributed by atoms with Crippen LogP contribution < -0.4 is 10.0 Å². The first-order chi connectivity index (χ1) is 11.4. The van der Waals surface area contributed by atoms with Crippen molar-refractivity contribution in [3.8, 4) is 0 Å². The van der Waals surface area contributed by atoms with Gasteiger partial charge < -0.3 is 5.32 Å². The largest absolute Gasteiger partial charge is 0.352 e. The van der Waals surface area contributed by atoms with E-state index in [-0.39, 0.29) is 22.9 Å². The Morgan fingerprint density at radius 3 is 2.46 bits per heavy atom. The van der Waals surface area contributed by atoms with E-state index in [2.05, 4.69) is 10.0 Å².